The summed E-state index contributed by atoms with van der Waals surface area (Å²) in [6, 6.07) is 16.6. The van der Waals surface area contributed by atoms with Gasteiger partial charge in [0, 0.05) is 41.3 Å². The lowest BCUT2D eigenvalue weighted by Gasteiger charge is -2.11. The van der Waals surface area contributed by atoms with Crippen molar-refractivity contribution in [3.63, 3.8) is 0 Å². The topological polar surface area (TPSA) is 49.2 Å². The van der Waals surface area contributed by atoms with Crippen LogP contribution in [0.15, 0.2) is 48.5 Å². The number of halogens is 1. The van der Waals surface area contributed by atoms with Crippen LogP contribution >= 0.6 is 11.6 Å². The van der Waals surface area contributed by atoms with Crippen LogP contribution in [0.4, 0.5) is 0 Å². The second-order valence-electron chi connectivity index (χ2n) is 6.76. The molecule has 3 N–H and O–H groups in total. The number of para-hydroxylation sites is 1. The van der Waals surface area contributed by atoms with Crippen LogP contribution in [0, 0.1) is 6.92 Å². The van der Waals surface area contributed by atoms with Crippen LogP contribution in [0.5, 0.6) is 0 Å². The van der Waals surface area contributed by atoms with E-state index in [1.54, 1.807) is 0 Å². The smallest absolute Gasteiger partial charge is 0.0555 e. The second-order valence-corrected chi connectivity index (χ2v) is 7.17. The number of rotatable bonds is 10. The Labute approximate surface area is 166 Å². The summed E-state index contributed by atoms with van der Waals surface area (Å²) in [4.78, 5) is 0. The lowest BCUT2D eigenvalue weighted by atomic mass is 10.1. The van der Waals surface area contributed by atoms with E-state index in [0.29, 0.717) is 6.54 Å². The zero-order valence-electron chi connectivity index (χ0n) is 15.8. The molecular weight excluding hydrogens is 358 g/mol. The number of aromatic nitrogens is 1. The molecule has 0 atom stereocenters. The first-order chi connectivity index (χ1) is 13.2. The van der Waals surface area contributed by atoms with Crippen LogP contribution < -0.4 is 10.6 Å². The van der Waals surface area contributed by atoms with Gasteiger partial charge in [0.25, 0.3) is 0 Å². The summed E-state index contributed by atoms with van der Waals surface area (Å²) >= 11 is 6.39. The molecule has 27 heavy (non-hydrogen) atoms. The third kappa shape index (κ3) is 4.90. The highest BCUT2D eigenvalue weighted by Crippen LogP contribution is 2.28. The summed E-state index contributed by atoms with van der Waals surface area (Å²) in [5.41, 5.74) is 5.01. The fraction of sp³-hybridized carbons (Fsp3) is 0.364. The largest absolute Gasteiger partial charge is 0.395 e. The molecule has 4 nitrogen and oxygen atoms in total. The van der Waals surface area contributed by atoms with Gasteiger partial charge in [0.1, 0.15) is 0 Å². The average molecular weight is 386 g/mol. The van der Waals surface area contributed by atoms with Crippen molar-refractivity contribution in [1.29, 1.82) is 0 Å². The zero-order valence-corrected chi connectivity index (χ0v) is 16.6. The maximum Gasteiger partial charge on any atom is 0.0555 e. The molecular formula is C22H28ClN3O. The first kappa shape index (κ1) is 19.9. The molecule has 0 saturated heterocycles. The van der Waals surface area contributed by atoms with E-state index in [9.17, 15) is 0 Å². The van der Waals surface area contributed by atoms with Crippen molar-refractivity contribution in [2.75, 3.05) is 26.2 Å². The lowest BCUT2D eigenvalue weighted by molar-refractivity contribution is 0.292. The molecule has 2 aromatic carbocycles. The number of nitrogens with zero attached hydrogens (tertiary/aromatic N) is 1. The van der Waals surface area contributed by atoms with Crippen molar-refractivity contribution in [2.24, 2.45) is 0 Å². The van der Waals surface area contributed by atoms with Crippen molar-refractivity contribution in [3.8, 4) is 0 Å². The van der Waals surface area contributed by atoms with Crippen LogP contribution in [0.25, 0.3) is 10.9 Å². The molecule has 1 aromatic heterocycles. The van der Waals surface area contributed by atoms with Crippen LogP contribution in [0.1, 0.15) is 23.2 Å². The van der Waals surface area contributed by atoms with Crippen molar-refractivity contribution in [2.45, 2.75) is 26.4 Å². The summed E-state index contributed by atoms with van der Waals surface area (Å²) < 4.78 is 2.36. The van der Waals surface area contributed by atoms with Gasteiger partial charge in [-0.3, -0.25) is 0 Å². The third-order valence-corrected chi connectivity index (χ3v) is 5.31. The number of hydrogen-bond acceptors (Lipinski definition) is 3. The maximum atomic E-state index is 8.79. The molecule has 0 aliphatic heterocycles. The molecule has 0 radical (unpaired) electrons. The Morgan fingerprint density at radius 2 is 1.70 bits per heavy atom. The van der Waals surface area contributed by atoms with E-state index < -0.39 is 0 Å². The molecule has 144 valence electrons. The van der Waals surface area contributed by atoms with Gasteiger partial charge in [-0.2, -0.15) is 0 Å². The fourth-order valence-electron chi connectivity index (χ4n) is 3.48. The highest BCUT2D eigenvalue weighted by atomic mass is 35.5. The Morgan fingerprint density at radius 1 is 0.963 bits per heavy atom. The predicted octanol–water partition coefficient (Wildman–Crippen LogP) is 3.71. The molecule has 3 rings (SSSR count). The summed E-state index contributed by atoms with van der Waals surface area (Å²) in [6.07, 6.45) is 1.04. The van der Waals surface area contributed by atoms with Crippen molar-refractivity contribution in [3.05, 3.63) is 70.4 Å². The molecule has 0 spiro atoms. The first-order valence-electron chi connectivity index (χ1n) is 9.54. The van der Waals surface area contributed by atoms with E-state index in [1.807, 2.05) is 18.2 Å². The average Bonchev–Trinajstić information content (AvgIpc) is 2.95. The molecule has 0 bridgehead atoms. The predicted molar refractivity (Wildman–Crippen MR) is 114 cm³/mol. The highest BCUT2D eigenvalue weighted by molar-refractivity contribution is 6.31. The van der Waals surface area contributed by atoms with E-state index in [-0.39, 0.29) is 6.61 Å². The molecule has 0 aliphatic carbocycles. The maximum absolute atomic E-state index is 8.79. The normalized spacial score (nSPS) is 11.4. The van der Waals surface area contributed by atoms with Gasteiger partial charge < -0.3 is 20.3 Å². The number of hydrogen-bond donors (Lipinski definition) is 3. The zero-order chi connectivity index (χ0) is 19.1. The molecule has 3 aromatic rings. The Kier molecular flexibility index (Phi) is 7.30. The van der Waals surface area contributed by atoms with Crippen molar-refractivity contribution >= 4 is 22.5 Å². The number of aliphatic hydroxyl groups is 1. The van der Waals surface area contributed by atoms with E-state index in [4.69, 9.17) is 16.7 Å². The Balaban J connectivity index is 1.74. The Morgan fingerprint density at radius 3 is 2.52 bits per heavy atom. The molecule has 0 amide bonds. The number of nitrogens with one attached hydrogen (secondary N) is 2. The van der Waals surface area contributed by atoms with Crippen LogP contribution in [-0.4, -0.2) is 35.9 Å². The molecule has 0 fully saturated rings. The van der Waals surface area contributed by atoms with Gasteiger partial charge in [0.15, 0.2) is 0 Å². The third-order valence-electron chi connectivity index (χ3n) is 4.95. The van der Waals surface area contributed by atoms with E-state index >= 15 is 0 Å². The SMILES string of the molecule is Cc1c(CNCCCNCCO)c2ccccc2n1Cc1ccccc1Cl. The van der Waals surface area contributed by atoms with Crippen molar-refractivity contribution in [1.82, 2.24) is 15.2 Å². The monoisotopic (exact) mass is 385 g/mol. The molecule has 5 heteroatoms. The van der Waals surface area contributed by atoms with Crippen LogP contribution in [0.3, 0.4) is 0 Å². The summed E-state index contributed by atoms with van der Waals surface area (Å²) in [5.74, 6) is 0. The minimum Gasteiger partial charge on any atom is -0.395 e. The van der Waals surface area contributed by atoms with Gasteiger partial charge in [-0.25, -0.2) is 0 Å². The van der Waals surface area contributed by atoms with Gasteiger partial charge in [-0.15, -0.1) is 0 Å². The standard InChI is InChI=1S/C22H28ClN3O/c1-17-20(15-25-12-6-11-24-13-14-27)19-8-3-5-10-22(19)26(17)16-18-7-2-4-9-21(18)23/h2-5,7-10,24-25,27H,6,11-16H2,1H3. The van der Waals surface area contributed by atoms with E-state index in [0.717, 1.165) is 43.2 Å². The molecule has 0 unspecified atom stereocenters. The highest BCUT2D eigenvalue weighted by Gasteiger charge is 2.14. The Bertz CT molecular complexity index is 875. The quantitative estimate of drug-likeness (QED) is 0.466. The number of fused-ring (bicyclic) bond motifs is 1. The minimum absolute atomic E-state index is 0.192. The molecule has 0 saturated carbocycles. The van der Waals surface area contributed by atoms with Gasteiger partial charge in [0.05, 0.1) is 6.61 Å². The first-order valence-corrected chi connectivity index (χ1v) is 9.92. The minimum atomic E-state index is 0.192. The van der Waals surface area contributed by atoms with Crippen molar-refractivity contribution < 1.29 is 5.11 Å². The Hall–Kier alpha value is -1.85. The number of benzene rings is 2. The van der Waals surface area contributed by atoms with Gasteiger partial charge >= 0.3 is 0 Å². The van der Waals surface area contributed by atoms with E-state index in [2.05, 4.69) is 52.5 Å². The molecule has 1 heterocycles. The second kappa shape index (κ2) is 9.90. The van der Waals surface area contributed by atoms with Gasteiger partial charge in [-0.1, -0.05) is 48.0 Å². The van der Waals surface area contributed by atoms with E-state index in [1.165, 1.54) is 22.2 Å². The molecule has 0 aliphatic rings. The lowest BCUT2D eigenvalue weighted by Crippen LogP contribution is -2.24. The fourth-order valence-corrected chi connectivity index (χ4v) is 3.68. The summed E-state index contributed by atoms with van der Waals surface area (Å²) in [7, 11) is 0. The van der Waals surface area contributed by atoms with Gasteiger partial charge in [-0.05, 0) is 49.7 Å². The summed E-state index contributed by atoms with van der Waals surface area (Å²) in [6.45, 7) is 6.53. The number of aliphatic hydroxyl groups excluding tert-OH is 1. The van der Waals surface area contributed by atoms with Gasteiger partial charge in [0.2, 0.25) is 0 Å². The van der Waals surface area contributed by atoms with Crippen LogP contribution in [-0.2, 0) is 13.1 Å². The van der Waals surface area contributed by atoms with Crippen LogP contribution in [0.2, 0.25) is 5.02 Å². The summed E-state index contributed by atoms with van der Waals surface area (Å²) in [5, 5.41) is 17.7.